The predicted octanol–water partition coefficient (Wildman–Crippen LogP) is 6.77. The van der Waals surface area contributed by atoms with Crippen molar-refractivity contribution < 1.29 is 46.1 Å². The van der Waals surface area contributed by atoms with Gasteiger partial charge in [-0.1, -0.05) is 0 Å². The number of fused-ring (bicyclic) bond motifs is 5. The van der Waals surface area contributed by atoms with Gasteiger partial charge in [-0.25, -0.2) is 0 Å². The maximum atomic E-state index is 2.71. The molecule has 4 aliphatic rings. The fraction of sp³-hybridized carbons (Fsp3) is 0.327. The van der Waals surface area contributed by atoms with Crippen molar-refractivity contribution in [3.63, 3.8) is 0 Å². The Hall–Kier alpha value is -2.83. The predicted molar refractivity (Wildman–Crippen MR) is 213 cm³/mol. The quantitative estimate of drug-likeness (QED) is 0.209. The van der Waals surface area contributed by atoms with E-state index in [4.69, 9.17) is 0 Å². The zero-order valence-corrected chi connectivity index (χ0v) is 36.5. The van der Waals surface area contributed by atoms with Gasteiger partial charge in [0.25, 0.3) is 0 Å². The molecule has 0 radical (unpaired) electrons. The van der Waals surface area contributed by atoms with Crippen LogP contribution in [0.4, 0.5) is 0 Å². The molecule has 8 rings (SSSR count). The summed E-state index contributed by atoms with van der Waals surface area (Å²) in [5, 5.41) is 0. The van der Waals surface area contributed by atoms with Crippen LogP contribution in [0.3, 0.4) is 0 Å². The molecule has 0 aliphatic heterocycles. The first-order chi connectivity index (χ1) is 23.7. The molecule has 4 aromatic rings. The van der Waals surface area contributed by atoms with Crippen LogP contribution in [0.1, 0.15) is 121 Å². The second kappa shape index (κ2) is 13.8. The van der Waals surface area contributed by atoms with E-state index in [1.165, 1.54) is 61.2 Å². The summed E-state index contributed by atoms with van der Waals surface area (Å²) in [6.45, 7) is 23.6. The first-order valence-electron chi connectivity index (χ1n) is 18.7. The van der Waals surface area contributed by atoms with E-state index >= 15 is 0 Å². The Balaban J connectivity index is 0.00000232. The molecule has 3 heteroatoms. The molecule has 266 valence electrons. The molecule has 0 nitrogen and oxygen atoms in total. The summed E-state index contributed by atoms with van der Waals surface area (Å²) in [5.41, 5.74) is 19.0. The van der Waals surface area contributed by atoms with E-state index in [9.17, 15) is 0 Å². The summed E-state index contributed by atoms with van der Waals surface area (Å²) in [5.74, 6) is 0.470. The average molecular weight is 803 g/mol. The van der Waals surface area contributed by atoms with Gasteiger partial charge in [-0.15, -0.1) is 0 Å². The van der Waals surface area contributed by atoms with E-state index in [2.05, 4.69) is 178 Å². The normalized spacial score (nSPS) is 18.3. The van der Waals surface area contributed by atoms with E-state index in [0.717, 1.165) is 6.42 Å². The molecule has 1 atom stereocenters. The first kappa shape index (κ1) is 38.9. The van der Waals surface area contributed by atoms with Gasteiger partial charge in [0.15, 0.2) is 0 Å². The van der Waals surface area contributed by atoms with Crippen LogP contribution in [0.2, 0.25) is 0 Å². The van der Waals surface area contributed by atoms with Crippen LogP contribution in [-0.4, -0.2) is 3.21 Å². The molecule has 0 bridgehead atoms. The minimum Gasteiger partial charge on any atom is -1.00 e. The fourth-order valence-corrected chi connectivity index (χ4v) is 18.7. The van der Waals surface area contributed by atoms with E-state index in [-0.39, 0.29) is 41.1 Å². The summed E-state index contributed by atoms with van der Waals surface area (Å²) in [6, 6.07) is 29.5. The van der Waals surface area contributed by atoms with Gasteiger partial charge in [-0.3, -0.25) is 0 Å². The molecule has 4 aromatic carbocycles. The zero-order chi connectivity index (χ0) is 35.3. The molecule has 4 aliphatic carbocycles. The van der Waals surface area contributed by atoms with Crippen molar-refractivity contribution in [3.8, 4) is 11.1 Å². The Labute approximate surface area is 333 Å². The second-order valence-electron chi connectivity index (χ2n) is 17.6. The molecule has 1 unspecified atom stereocenters. The second-order valence-corrected chi connectivity index (χ2v) is 23.7. The summed E-state index contributed by atoms with van der Waals surface area (Å²) in [6.07, 6.45) is 16.1. The standard InChI is InChI=1S/C23H21.C15H14.C11H17.2ClH.Zr/c1-22(2)7-5-14-10-18-16(12-20(14)22)9-17-13-21-15(11-19(17)18)6-8-23(21,3)4;1-12-3-7-14(8-4-12)11-15-9-5-13(2)6-10-15;1-5-9-6-7-10(8-9)11(2,3)4;;;/h5-13H,1-4H3;3-10H,1-2H3;7-9H,5H2,1-4H3;2*1H;/q;;;;;+2/p-2. The Morgan fingerprint density at radius 3 is 1.52 bits per heavy atom. The maximum absolute atomic E-state index is 2.97. The zero-order valence-electron chi connectivity index (χ0n) is 32.5. The molecule has 0 amide bonds. The summed E-state index contributed by atoms with van der Waals surface area (Å²) < 4.78 is 3.77. The van der Waals surface area contributed by atoms with Gasteiger partial charge in [0.1, 0.15) is 0 Å². The van der Waals surface area contributed by atoms with Gasteiger partial charge in [-0.2, -0.15) is 0 Å². The number of hydrogen-bond donors (Lipinski definition) is 0. The molecule has 0 heterocycles. The SMILES string of the molecule is CCC1C=C(C(C)(C)C)C=[C]1[Zr+2](=[C](c1ccc(C)cc1)c1ccc(C)cc1)[CH]1c2cc3c(cc2-c2cc4c(cc21)C(C)(C)C=C4)C=CC3(C)C.[Cl-].[Cl-]. The van der Waals surface area contributed by atoms with Gasteiger partial charge in [-0.05, 0) is 0 Å². The van der Waals surface area contributed by atoms with Gasteiger partial charge in [0.2, 0.25) is 0 Å². The number of aryl methyl sites for hydroxylation is 2. The third-order valence-corrected chi connectivity index (χ3v) is 20.5. The Kier molecular flexibility index (Phi) is 10.3. The topological polar surface area (TPSA) is 0 Å². The van der Waals surface area contributed by atoms with Crippen LogP contribution in [-0.2, 0) is 32.1 Å². The molecular formula is C49H52Cl2Zr. The van der Waals surface area contributed by atoms with Crippen LogP contribution in [0.15, 0.2) is 106 Å². The fourth-order valence-electron chi connectivity index (χ4n) is 8.94. The van der Waals surface area contributed by atoms with Crippen LogP contribution >= 0.6 is 0 Å². The first-order valence-corrected chi connectivity index (χ1v) is 22.6. The molecule has 0 saturated heterocycles. The van der Waals surface area contributed by atoms with Crippen LogP contribution < -0.4 is 24.8 Å². The summed E-state index contributed by atoms with van der Waals surface area (Å²) >= 11 is -2.97. The number of halogens is 2. The number of hydrogen-bond acceptors (Lipinski definition) is 0. The van der Waals surface area contributed by atoms with Crippen LogP contribution in [0.5, 0.6) is 0 Å². The van der Waals surface area contributed by atoms with Crippen molar-refractivity contribution >= 4 is 15.4 Å². The van der Waals surface area contributed by atoms with Crippen molar-refractivity contribution in [2.24, 2.45) is 11.3 Å². The third-order valence-electron chi connectivity index (χ3n) is 12.0. The van der Waals surface area contributed by atoms with Gasteiger partial charge in [0.05, 0.1) is 0 Å². The third kappa shape index (κ3) is 6.42. The van der Waals surface area contributed by atoms with Crippen LogP contribution in [0, 0.1) is 25.2 Å². The minimum absolute atomic E-state index is 0. The van der Waals surface area contributed by atoms with Crippen molar-refractivity contribution in [3.05, 3.63) is 162 Å². The van der Waals surface area contributed by atoms with E-state index < -0.39 is 21.3 Å². The smallest absolute Gasteiger partial charge is 1.00 e. The van der Waals surface area contributed by atoms with Gasteiger partial charge >= 0.3 is 311 Å². The van der Waals surface area contributed by atoms with E-state index in [0.29, 0.717) is 9.54 Å². The van der Waals surface area contributed by atoms with Crippen molar-refractivity contribution in [1.29, 1.82) is 0 Å². The monoisotopic (exact) mass is 800 g/mol. The number of rotatable bonds is 5. The molecule has 0 aromatic heterocycles. The van der Waals surface area contributed by atoms with Crippen molar-refractivity contribution in [2.75, 3.05) is 0 Å². The summed E-state index contributed by atoms with van der Waals surface area (Å²) in [4.78, 5) is 0. The Morgan fingerprint density at radius 2 is 1.12 bits per heavy atom. The number of allylic oxidation sites excluding steroid dienone is 6. The van der Waals surface area contributed by atoms with Crippen molar-refractivity contribution in [2.45, 2.75) is 90.1 Å². The van der Waals surface area contributed by atoms with Gasteiger partial charge in [0, 0.05) is 0 Å². The Bertz CT molecular complexity index is 2100. The molecule has 0 fully saturated rings. The molecule has 52 heavy (non-hydrogen) atoms. The number of benzene rings is 4. The largest absolute Gasteiger partial charge is 1.00 e. The van der Waals surface area contributed by atoms with Crippen molar-refractivity contribution in [1.82, 2.24) is 0 Å². The van der Waals surface area contributed by atoms with E-state index in [1.54, 1.807) is 17.6 Å². The molecular weight excluding hydrogens is 751 g/mol. The molecule has 0 saturated carbocycles. The van der Waals surface area contributed by atoms with Crippen LogP contribution in [0.25, 0.3) is 23.3 Å². The van der Waals surface area contributed by atoms with E-state index in [1.807, 2.05) is 0 Å². The van der Waals surface area contributed by atoms with Gasteiger partial charge < -0.3 is 24.8 Å². The Morgan fingerprint density at radius 1 is 0.673 bits per heavy atom. The molecule has 0 N–H and O–H groups in total. The summed E-state index contributed by atoms with van der Waals surface area (Å²) in [7, 11) is 0. The maximum Gasteiger partial charge on any atom is -1.00 e. The minimum atomic E-state index is -2.97. The molecule has 0 spiro atoms. The average Bonchev–Trinajstić information content (AvgIpc) is 3.80.